The van der Waals surface area contributed by atoms with Gasteiger partial charge in [0.05, 0.1) is 11.5 Å². The Kier molecular flexibility index (Phi) is 6.87. The minimum atomic E-state index is -1.04. The second-order valence-electron chi connectivity index (χ2n) is 5.31. The third-order valence-corrected chi connectivity index (χ3v) is 3.48. The summed E-state index contributed by atoms with van der Waals surface area (Å²) in [5, 5.41) is 10.6. The number of anilines is 1. The van der Waals surface area contributed by atoms with Crippen molar-refractivity contribution in [3.8, 4) is 5.75 Å². The first kappa shape index (κ1) is 21.1. The van der Waals surface area contributed by atoms with Crippen LogP contribution in [0.2, 0.25) is 0 Å². The molecule has 13 heteroatoms. The first-order chi connectivity index (χ1) is 12.9. The van der Waals surface area contributed by atoms with Crippen LogP contribution in [0.3, 0.4) is 0 Å². The molecule has 2 aromatic rings. The number of rotatable bonds is 5. The van der Waals surface area contributed by atoms with E-state index >= 15 is 0 Å². The predicted octanol–water partition coefficient (Wildman–Crippen LogP) is -2.18. The van der Waals surface area contributed by atoms with Gasteiger partial charge in [-0.25, -0.2) is 9.59 Å². The Bertz CT molecular complexity index is 904. The molecule has 1 aliphatic heterocycles. The van der Waals surface area contributed by atoms with E-state index in [1.807, 2.05) is 0 Å². The first-order valence-corrected chi connectivity index (χ1v) is 7.63. The zero-order valence-corrected chi connectivity index (χ0v) is 14.9. The summed E-state index contributed by atoms with van der Waals surface area (Å²) in [6, 6.07) is 6.34. The number of nitrogen functional groups attached to an aromatic ring is 1. The van der Waals surface area contributed by atoms with Crippen LogP contribution >= 0.6 is 0 Å². The molecule has 150 valence electrons. The Balaban J connectivity index is 0.00000280. The Labute approximate surface area is 163 Å². The van der Waals surface area contributed by atoms with Gasteiger partial charge in [-0.3, -0.25) is 14.7 Å². The van der Waals surface area contributed by atoms with E-state index in [0.717, 1.165) is 0 Å². The summed E-state index contributed by atoms with van der Waals surface area (Å²) >= 11 is 0. The summed E-state index contributed by atoms with van der Waals surface area (Å²) < 4.78 is 21.7. The van der Waals surface area contributed by atoms with Crippen LogP contribution in [0.5, 0.6) is 5.75 Å². The SMILES string of the molecule is Nc1ccn([C@@H]2CO[C@H](COC(=O)Oc3ccc([N+](=O)[O-])cc3)O2)c(=O)n1.[Cl-]. The molecular weight excluding hydrogens is 400 g/mol. The number of halogens is 1. The molecule has 1 fully saturated rings. The number of nitrogens with two attached hydrogens (primary N) is 1. The lowest BCUT2D eigenvalue weighted by Crippen LogP contribution is -3.00. The van der Waals surface area contributed by atoms with Gasteiger partial charge in [-0.1, -0.05) is 0 Å². The Hall–Kier alpha value is -3.22. The van der Waals surface area contributed by atoms with Gasteiger partial charge in [-0.05, 0) is 18.2 Å². The van der Waals surface area contributed by atoms with Gasteiger partial charge in [-0.2, -0.15) is 4.98 Å². The predicted molar refractivity (Wildman–Crippen MR) is 87.8 cm³/mol. The maximum absolute atomic E-state index is 11.8. The van der Waals surface area contributed by atoms with Crippen molar-refractivity contribution in [1.82, 2.24) is 9.55 Å². The summed E-state index contributed by atoms with van der Waals surface area (Å²) in [6.45, 7) is -0.226. The van der Waals surface area contributed by atoms with Gasteiger partial charge < -0.3 is 37.1 Å². The summed E-state index contributed by atoms with van der Waals surface area (Å²) in [4.78, 5) is 37.0. The highest BCUT2D eigenvalue weighted by atomic mass is 35.5. The van der Waals surface area contributed by atoms with Crippen molar-refractivity contribution in [2.24, 2.45) is 0 Å². The summed E-state index contributed by atoms with van der Waals surface area (Å²) in [5.41, 5.74) is 4.69. The fraction of sp³-hybridized carbons (Fsp3) is 0.267. The summed E-state index contributed by atoms with van der Waals surface area (Å²) in [6.07, 6.45) is -1.25. The number of nitro benzene ring substituents is 1. The van der Waals surface area contributed by atoms with Crippen molar-refractivity contribution < 1.29 is 41.1 Å². The normalized spacial score (nSPS) is 18.1. The third-order valence-electron chi connectivity index (χ3n) is 3.48. The van der Waals surface area contributed by atoms with Gasteiger partial charge in [-0.15, -0.1) is 0 Å². The standard InChI is InChI=1S/C15H14N4O8.ClH/c16-11-5-6-18(14(20)17-11)12-7-24-13(27-12)8-25-15(21)26-10-3-1-9(2-4-10)19(22)23;/h1-6,12-13H,7-8H2,(H2,16,17,20);1H/p-1/t12-,13-;/m0./s1. The molecule has 1 saturated heterocycles. The second-order valence-corrected chi connectivity index (χ2v) is 5.31. The number of carbonyl (C=O) groups excluding carboxylic acids is 1. The molecule has 1 aromatic carbocycles. The lowest BCUT2D eigenvalue weighted by atomic mass is 10.3. The molecule has 0 spiro atoms. The molecule has 3 rings (SSSR count). The highest BCUT2D eigenvalue weighted by Gasteiger charge is 2.29. The molecule has 0 aliphatic carbocycles. The highest BCUT2D eigenvalue weighted by Crippen LogP contribution is 2.21. The van der Waals surface area contributed by atoms with E-state index in [9.17, 15) is 19.7 Å². The zero-order valence-electron chi connectivity index (χ0n) is 14.1. The maximum Gasteiger partial charge on any atom is 0.514 e. The van der Waals surface area contributed by atoms with E-state index in [1.54, 1.807) is 0 Å². The van der Waals surface area contributed by atoms with Crippen LogP contribution in [0.1, 0.15) is 6.23 Å². The van der Waals surface area contributed by atoms with Gasteiger partial charge >= 0.3 is 11.8 Å². The van der Waals surface area contributed by atoms with Gasteiger partial charge in [0.25, 0.3) is 5.69 Å². The van der Waals surface area contributed by atoms with Crippen molar-refractivity contribution in [3.63, 3.8) is 0 Å². The molecule has 0 amide bonds. The van der Waals surface area contributed by atoms with Gasteiger partial charge in [0.2, 0.25) is 0 Å². The molecule has 0 unspecified atom stereocenters. The number of ether oxygens (including phenoxy) is 4. The molecule has 12 nitrogen and oxygen atoms in total. The molecule has 2 atom stereocenters. The van der Waals surface area contributed by atoms with Crippen molar-refractivity contribution >= 4 is 17.7 Å². The number of carbonyl (C=O) groups is 1. The highest BCUT2D eigenvalue weighted by molar-refractivity contribution is 5.64. The molecule has 0 radical (unpaired) electrons. The number of non-ortho nitro benzene ring substituents is 1. The van der Waals surface area contributed by atoms with E-state index in [2.05, 4.69) is 4.98 Å². The van der Waals surface area contributed by atoms with Crippen molar-refractivity contribution in [2.75, 3.05) is 18.9 Å². The lowest BCUT2D eigenvalue weighted by molar-refractivity contribution is -0.384. The number of hydrogen-bond donors (Lipinski definition) is 1. The molecule has 2 heterocycles. The van der Waals surface area contributed by atoms with E-state index < -0.39 is 29.3 Å². The number of aromatic nitrogens is 2. The fourth-order valence-electron chi connectivity index (χ4n) is 2.22. The van der Waals surface area contributed by atoms with Crippen molar-refractivity contribution in [3.05, 3.63) is 57.1 Å². The van der Waals surface area contributed by atoms with Crippen LogP contribution in [-0.2, 0) is 14.2 Å². The van der Waals surface area contributed by atoms with E-state index in [4.69, 9.17) is 24.7 Å². The molecule has 1 aromatic heterocycles. The molecule has 28 heavy (non-hydrogen) atoms. The maximum atomic E-state index is 11.8. The van der Waals surface area contributed by atoms with E-state index in [0.29, 0.717) is 0 Å². The zero-order chi connectivity index (χ0) is 19.4. The van der Waals surface area contributed by atoms with Crippen LogP contribution in [0.25, 0.3) is 0 Å². The summed E-state index contributed by atoms with van der Waals surface area (Å²) in [7, 11) is 0. The smallest absolute Gasteiger partial charge is 0.514 e. The Morgan fingerprint density at radius 3 is 2.71 bits per heavy atom. The van der Waals surface area contributed by atoms with Gasteiger partial charge in [0.15, 0.2) is 12.5 Å². The second kappa shape index (κ2) is 9.12. The van der Waals surface area contributed by atoms with Crippen LogP contribution in [0.15, 0.2) is 41.3 Å². The van der Waals surface area contributed by atoms with Crippen LogP contribution in [0, 0.1) is 10.1 Å². The quantitative estimate of drug-likeness (QED) is 0.247. The molecule has 0 bridgehead atoms. The van der Waals surface area contributed by atoms with Crippen molar-refractivity contribution in [1.29, 1.82) is 0 Å². The van der Waals surface area contributed by atoms with Crippen LogP contribution < -0.4 is 28.6 Å². The monoisotopic (exact) mass is 413 g/mol. The Morgan fingerprint density at radius 2 is 2.07 bits per heavy atom. The number of hydrogen-bond acceptors (Lipinski definition) is 10. The van der Waals surface area contributed by atoms with E-state index in [1.165, 1.54) is 41.1 Å². The van der Waals surface area contributed by atoms with Crippen LogP contribution in [-0.4, -0.2) is 40.1 Å². The minimum absolute atomic E-state index is 0. The third kappa shape index (κ3) is 5.16. The largest absolute Gasteiger partial charge is 1.00 e. The topological polar surface area (TPSA) is 158 Å². The van der Waals surface area contributed by atoms with Gasteiger partial charge in [0, 0.05) is 18.3 Å². The summed E-state index contributed by atoms with van der Waals surface area (Å²) in [5.74, 6) is 0.167. The van der Waals surface area contributed by atoms with Crippen molar-refractivity contribution in [2.45, 2.75) is 12.5 Å². The Morgan fingerprint density at radius 1 is 1.36 bits per heavy atom. The first-order valence-electron chi connectivity index (χ1n) is 7.63. The van der Waals surface area contributed by atoms with E-state index in [-0.39, 0.29) is 42.9 Å². The van der Waals surface area contributed by atoms with Crippen LogP contribution in [0.4, 0.5) is 16.3 Å². The molecule has 2 N–H and O–H groups in total. The lowest BCUT2D eigenvalue weighted by Gasteiger charge is -2.13. The fourth-order valence-corrected chi connectivity index (χ4v) is 2.22. The minimum Gasteiger partial charge on any atom is -1.00 e. The molecule has 0 saturated carbocycles. The average Bonchev–Trinajstić information content (AvgIpc) is 3.09. The molecular formula is C15H14ClN4O8-. The number of nitrogens with zero attached hydrogens (tertiary/aromatic N) is 3. The molecule has 1 aliphatic rings. The average molecular weight is 414 g/mol. The number of benzene rings is 1. The number of nitro groups is 1. The van der Waals surface area contributed by atoms with Gasteiger partial charge in [0.1, 0.15) is 18.2 Å².